The fourth-order valence-electron chi connectivity index (χ4n) is 1.92. The van der Waals surface area contributed by atoms with Gasteiger partial charge in [0, 0.05) is 24.8 Å². The van der Waals surface area contributed by atoms with E-state index in [1.54, 1.807) is 4.68 Å². The highest BCUT2D eigenvalue weighted by Gasteiger charge is 2.10. The van der Waals surface area contributed by atoms with Crippen molar-refractivity contribution in [3.63, 3.8) is 0 Å². The molecule has 0 radical (unpaired) electrons. The summed E-state index contributed by atoms with van der Waals surface area (Å²) in [5.74, 6) is 0. The molecule has 0 bridgehead atoms. The highest BCUT2D eigenvalue weighted by atomic mass is 35.5. The quantitative estimate of drug-likeness (QED) is 0.917. The van der Waals surface area contributed by atoms with Gasteiger partial charge in [-0.3, -0.25) is 4.68 Å². The van der Waals surface area contributed by atoms with E-state index in [2.05, 4.69) is 42.5 Å². The molecule has 0 saturated carbocycles. The van der Waals surface area contributed by atoms with E-state index < -0.39 is 0 Å². The summed E-state index contributed by atoms with van der Waals surface area (Å²) in [6, 6.07) is 6.35. The smallest absolute Gasteiger partial charge is 0.131 e. The molecule has 0 saturated heterocycles. The first kappa shape index (κ1) is 13.0. The normalized spacial score (nSPS) is 10.7. The Morgan fingerprint density at radius 2 is 1.94 bits per heavy atom. The third kappa shape index (κ3) is 2.51. The maximum Gasteiger partial charge on any atom is 0.131 e. The molecule has 2 rings (SSSR count). The topological polar surface area (TPSA) is 29.9 Å². The van der Waals surface area contributed by atoms with Crippen molar-refractivity contribution in [2.24, 2.45) is 7.05 Å². The van der Waals surface area contributed by atoms with Crippen LogP contribution in [0.4, 0.5) is 5.69 Å². The number of hydrogen-bond acceptors (Lipinski definition) is 2. The highest BCUT2D eigenvalue weighted by Crippen LogP contribution is 2.21. The molecule has 0 spiro atoms. The van der Waals surface area contributed by atoms with Crippen LogP contribution in [-0.4, -0.2) is 9.78 Å². The molecule has 0 amide bonds. The molecule has 96 valence electrons. The Balaban J connectivity index is 2.14. The molecular formula is C14H18ClN3. The van der Waals surface area contributed by atoms with Gasteiger partial charge < -0.3 is 5.32 Å². The van der Waals surface area contributed by atoms with Crippen LogP contribution in [0.5, 0.6) is 0 Å². The molecule has 1 aromatic carbocycles. The number of halogens is 1. The number of nitrogens with zero attached hydrogens (tertiary/aromatic N) is 2. The maximum atomic E-state index is 6.20. The van der Waals surface area contributed by atoms with Crippen molar-refractivity contribution in [2.45, 2.75) is 27.3 Å². The predicted molar refractivity (Wildman–Crippen MR) is 76.2 cm³/mol. The van der Waals surface area contributed by atoms with Gasteiger partial charge in [-0.05, 0) is 44.0 Å². The van der Waals surface area contributed by atoms with Crippen LogP contribution in [0.2, 0.25) is 5.15 Å². The number of hydrogen-bond donors (Lipinski definition) is 1. The van der Waals surface area contributed by atoms with Crippen LogP contribution in [0.25, 0.3) is 0 Å². The molecule has 2 aromatic rings. The van der Waals surface area contributed by atoms with E-state index in [0.29, 0.717) is 11.7 Å². The average molecular weight is 264 g/mol. The summed E-state index contributed by atoms with van der Waals surface area (Å²) in [6.45, 7) is 6.90. The van der Waals surface area contributed by atoms with Gasteiger partial charge in [-0.2, -0.15) is 5.10 Å². The van der Waals surface area contributed by atoms with Gasteiger partial charge >= 0.3 is 0 Å². The number of rotatable bonds is 3. The van der Waals surface area contributed by atoms with Crippen molar-refractivity contribution >= 4 is 17.3 Å². The van der Waals surface area contributed by atoms with E-state index in [0.717, 1.165) is 16.9 Å². The summed E-state index contributed by atoms with van der Waals surface area (Å²) in [7, 11) is 1.86. The van der Waals surface area contributed by atoms with Crippen molar-refractivity contribution in [1.82, 2.24) is 9.78 Å². The third-order valence-electron chi connectivity index (χ3n) is 3.25. The minimum Gasteiger partial charge on any atom is -0.381 e. The number of aryl methyl sites for hydroxylation is 4. The Bertz CT molecular complexity index is 573. The van der Waals surface area contributed by atoms with Gasteiger partial charge in [0.05, 0.1) is 5.69 Å². The fourth-order valence-corrected chi connectivity index (χ4v) is 2.16. The van der Waals surface area contributed by atoms with Gasteiger partial charge in [0.1, 0.15) is 5.15 Å². The first-order chi connectivity index (χ1) is 8.49. The van der Waals surface area contributed by atoms with Gasteiger partial charge in [0.2, 0.25) is 0 Å². The van der Waals surface area contributed by atoms with Crippen molar-refractivity contribution in [3.8, 4) is 0 Å². The SMILES string of the molecule is Cc1ccc(NCc2c(C)nn(C)c2Cl)cc1C. The van der Waals surface area contributed by atoms with Crippen molar-refractivity contribution in [1.29, 1.82) is 0 Å². The van der Waals surface area contributed by atoms with Crippen molar-refractivity contribution < 1.29 is 0 Å². The van der Waals surface area contributed by atoms with Crippen LogP contribution in [0.3, 0.4) is 0 Å². The molecule has 0 atom stereocenters. The summed E-state index contributed by atoms with van der Waals surface area (Å²) < 4.78 is 1.70. The third-order valence-corrected chi connectivity index (χ3v) is 3.72. The van der Waals surface area contributed by atoms with Crippen LogP contribution in [0, 0.1) is 20.8 Å². The van der Waals surface area contributed by atoms with E-state index in [4.69, 9.17) is 11.6 Å². The average Bonchev–Trinajstić information content (AvgIpc) is 2.56. The van der Waals surface area contributed by atoms with Gasteiger partial charge in [-0.25, -0.2) is 0 Å². The van der Waals surface area contributed by atoms with Crippen LogP contribution >= 0.6 is 11.6 Å². The molecule has 0 unspecified atom stereocenters. The number of benzene rings is 1. The molecule has 3 nitrogen and oxygen atoms in total. The molecule has 4 heteroatoms. The Morgan fingerprint density at radius 1 is 1.22 bits per heavy atom. The second-order valence-corrected chi connectivity index (χ2v) is 4.99. The van der Waals surface area contributed by atoms with E-state index in [1.807, 2.05) is 14.0 Å². The molecule has 0 aliphatic heterocycles. The molecule has 0 aliphatic carbocycles. The zero-order chi connectivity index (χ0) is 13.3. The lowest BCUT2D eigenvalue weighted by atomic mass is 10.1. The highest BCUT2D eigenvalue weighted by molar-refractivity contribution is 6.30. The minimum atomic E-state index is 0.695. The standard InChI is InChI=1S/C14H18ClN3/c1-9-5-6-12(7-10(9)2)16-8-13-11(3)17-18(4)14(13)15/h5-7,16H,8H2,1-4H3. The van der Waals surface area contributed by atoms with Gasteiger partial charge in [0.15, 0.2) is 0 Å². The second kappa shape index (κ2) is 5.02. The molecule has 0 aliphatic rings. The molecule has 1 N–H and O–H groups in total. The van der Waals surface area contributed by atoms with Gasteiger partial charge in [-0.15, -0.1) is 0 Å². The first-order valence-electron chi connectivity index (χ1n) is 5.98. The van der Waals surface area contributed by atoms with Crippen LogP contribution in [-0.2, 0) is 13.6 Å². The van der Waals surface area contributed by atoms with Crippen LogP contribution in [0.15, 0.2) is 18.2 Å². The monoisotopic (exact) mass is 263 g/mol. The summed E-state index contributed by atoms with van der Waals surface area (Å²) in [4.78, 5) is 0. The molecule has 1 heterocycles. The van der Waals surface area contributed by atoms with E-state index >= 15 is 0 Å². The Labute approximate surface area is 113 Å². The van der Waals surface area contributed by atoms with Crippen molar-refractivity contribution in [3.05, 3.63) is 45.7 Å². The van der Waals surface area contributed by atoms with Crippen LogP contribution in [0.1, 0.15) is 22.4 Å². The molecule has 18 heavy (non-hydrogen) atoms. The summed E-state index contributed by atoms with van der Waals surface area (Å²) in [5, 5.41) is 8.38. The number of anilines is 1. The van der Waals surface area contributed by atoms with Gasteiger partial charge in [0.25, 0.3) is 0 Å². The lowest BCUT2D eigenvalue weighted by molar-refractivity contribution is 0.757. The van der Waals surface area contributed by atoms with Crippen LogP contribution < -0.4 is 5.32 Å². The summed E-state index contributed by atoms with van der Waals surface area (Å²) in [5.41, 5.74) is 5.72. The van der Waals surface area contributed by atoms with Crippen molar-refractivity contribution in [2.75, 3.05) is 5.32 Å². The molecule has 0 fully saturated rings. The molecule has 1 aromatic heterocycles. The largest absolute Gasteiger partial charge is 0.381 e. The Kier molecular flexibility index (Phi) is 3.62. The number of aromatic nitrogens is 2. The van der Waals surface area contributed by atoms with E-state index in [9.17, 15) is 0 Å². The summed E-state index contributed by atoms with van der Waals surface area (Å²) in [6.07, 6.45) is 0. The zero-order valence-corrected chi connectivity index (χ0v) is 12.0. The second-order valence-electron chi connectivity index (χ2n) is 4.63. The lowest BCUT2D eigenvalue weighted by Crippen LogP contribution is -2.01. The Morgan fingerprint density at radius 3 is 2.50 bits per heavy atom. The molecular weight excluding hydrogens is 246 g/mol. The zero-order valence-electron chi connectivity index (χ0n) is 11.2. The predicted octanol–water partition coefficient (Wildman–Crippen LogP) is 3.61. The lowest BCUT2D eigenvalue weighted by Gasteiger charge is -2.08. The minimum absolute atomic E-state index is 0.695. The summed E-state index contributed by atoms with van der Waals surface area (Å²) >= 11 is 6.20. The van der Waals surface area contributed by atoms with E-state index in [-0.39, 0.29) is 0 Å². The fraction of sp³-hybridized carbons (Fsp3) is 0.357. The van der Waals surface area contributed by atoms with Gasteiger partial charge in [-0.1, -0.05) is 17.7 Å². The maximum absolute atomic E-state index is 6.20. The number of nitrogens with one attached hydrogen (secondary N) is 1. The Hall–Kier alpha value is -1.48. The van der Waals surface area contributed by atoms with E-state index in [1.165, 1.54) is 11.1 Å². The first-order valence-corrected chi connectivity index (χ1v) is 6.36.